The molecule has 0 aliphatic carbocycles. The number of aromatic nitrogens is 1. The van der Waals surface area contributed by atoms with Crippen LogP contribution in [0, 0.1) is 0 Å². The maximum Gasteiger partial charge on any atom is 0.253 e. The Hall–Kier alpha value is -2.92. The first-order chi connectivity index (χ1) is 14.0. The second-order valence-electron chi connectivity index (χ2n) is 8.18. The predicted octanol–water partition coefficient (Wildman–Crippen LogP) is 3.90. The molecule has 2 aromatic carbocycles. The summed E-state index contributed by atoms with van der Waals surface area (Å²) in [5.41, 5.74) is 10.9. The third-order valence-corrected chi connectivity index (χ3v) is 5.58. The van der Waals surface area contributed by atoms with Crippen LogP contribution >= 0.6 is 0 Å². The number of likely N-dealkylation sites (tertiary alicyclic amines) is 1. The van der Waals surface area contributed by atoms with E-state index in [2.05, 4.69) is 4.90 Å². The second kappa shape index (κ2) is 8.21. The number of piperidine rings is 1. The quantitative estimate of drug-likeness (QED) is 0.736. The van der Waals surface area contributed by atoms with Gasteiger partial charge < -0.3 is 15.5 Å². The molecule has 0 bridgehead atoms. The number of anilines is 1. The van der Waals surface area contributed by atoms with E-state index >= 15 is 0 Å². The molecule has 0 saturated carbocycles. The fraction of sp³-hybridized carbons (Fsp3) is 0.333. The molecule has 29 heavy (non-hydrogen) atoms. The number of nitrogens with zero attached hydrogens (tertiary/aromatic N) is 3. The first-order valence-electron chi connectivity index (χ1n) is 10.2. The van der Waals surface area contributed by atoms with Crippen molar-refractivity contribution in [2.75, 3.05) is 32.9 Å². The third-order valence-electron chi connectivity index (χ3n) is 5.58. The van der Waals surface area contributed by atoms with Crippen molar-refractivity contribution in [3.63, 3.8) is 0 Å². The highest BCUT2D eigenvalue weighted by Gasteiger charge is 2.27. The SMILES string of the molecule is CN(C)Cc1ccc(C(=O)N2CCCC(c3nc4ccccc4cc3N)C2)cc1. The smallest absolute Gasteiger partial charge is 0.253 e. The van der Waals surface area contributed by atoms with Gasteiger partial charge in [-0.1, -0.05) is 30.3 Å². The van der Waals surface area contributed by atoms with Gasteiger partial charge in [-0.2, -0.15) is 0 Å². The van der Waals surface area contributed by atoms with Gasteiger partial charge in [-0.25, -0.2) is 0 Å². The van der Waals surface area contributed by atoms with E-state index in [9.17, 15) is 4.79 Å². The minimum absolute atomic E-state index is 0.0884. The fourth-order valence-corrected chi connectivity index (χ4v) is 4.16. The van der Waals surface area contributed by atoms with Crippen LogP contribution in [-0.2, 0) is 6.54 Å². The molecular formula is C24H28N4O. The molecular weight excluding hydrogens is 360 g/mol. The first kappa shape index (κ1) is 19.4. The zero-order valence-electron chi connectivity index (χ0n) is 17.1. The number of para-hydroxylation sites is 1. The Bertz CT molecular complexity index is 1010. The van der Waals surface area contributed by atoms with Crippen molar-refractivity contribution in [1.82, 2.24) is 14.8 Å². The Kier molecular flexibility index (Phi) is 5.49. The van der Waals surface area contributed by atoms with Crippen molar-refractivity contribution in [3.05, 3.63) is 71.4 Å². The highest BCUT2D eigenvalue weighted by molar-refractivity contribution is 5.94. The number of nitrogens with two attached hydrogens (primary N) is 1. The maximum atomic E-state index is 13.1. The summed E-state index contributed by atoms with van der Waals surface area (Å²) in [7, 11) is 4.08. The van der Waals surface area contributed by atoms with Crippen molar-refractivity contribution < 1.29 is 4.79 Å². The summed E-state index contributed by atoms with van der Waals surface area (Å²) in [6.45, 7) is 2.31. The number of hydrogen-bond donors (Lipinski definition) is 1. The number of carbonyl (C=O) groups is 1. The molecule has 1 saturated heterocycles. The Morgan fingerprint density at radius 2 is 1.93 bits per heavy atom. The van der Waals surface area contributed by atoms with Crippen molar-refractivity contribution in [1.29, 1.82) is 0 Å². The summed E-state index contributed by atoms with van der Waals surface area (Å²) in [6, 6.07) is 18.0. The minimum Gasteiger partial charge on any atom is -0.397 e. The Balaban J connectivity index is 1.52. The van der Waals surface area contributed by atoms with Crippen LogP contribution < -0.4 is 5.73 Å². The number of rotatable bonds is 4. The molecule has 1 unspecified atom stereocenters. The molecule has 1 aliphatic rings. The van der Waals surface area contributed by atoms with E-state index in [1.165, 1.54) is 5.56 Å². The van der Waals surface area contributed by atoms with Gasteiger partial charge in [-0.15, -0.1) is 0 Å². The van der Waals surface area contributed by atoms with Gasteiger partial charge in [0.2, 0.25) is 0 Å². The lowest BCUT2D eigenvalue weighted by Crippen LogP contribution is -2.39. The van der Waals surface area contributed by atoms with Crippen LogP contribution in [0.1, 0.15) is 40.4 Å². The summed E-state index contributed by atoms with van der Waals surface area (Å²) in [5, 5.41) is 1.05. The Morgan fingerprint density at radius 3 is 2.69 bits per heavy atom. The van der Waals surface area contributed by atoms with Gasteiger partial charge in [-0.3, -0.25) is 9.78 Å². The molecule has 1 fully saturated rings. The van der Waals surface area contributed by atoms with Crippen LogP contribution in [0.5, 0.6) is 0 Å². The number of amides is 1. The van der Waals surface area contributed by atoms with E-state index in [0.717, 1.165) is 53.8 Å². The van der Waals surface area contributed by atoms with Crippen molar-refractivity contribution in [2.45, 2.75) is 25.3 Å². The Labute approximate surface area is 172 Å². The average molecular weight is 389 g/mol. The van der Waals surface area contributed by atoms with Crippen LogP contribution in [0.4, 0.5) is 5.69 Å². The number of carbonyl (C=O) groups excluding carboxylic acids is 1. The van der Waals surface area contributed by atoms with E-state index in [1.54, 1.807) is 0 Å². The number of nitrogen functional groups attached to an aromatic ring is 1. The molecule has 3 aromatic rings. The highest BCUT2D eigenvalue weighted by Crippen LogP contribution is 2.32. The predicted molar refractivity (Wildman–Crippen MR) is 118 cm³/mol. The molecule has 150 valence electrons. The van der Waals surface area contributed by atoms with Gasteiger partial charge in [-0.05, 0) is 56.8 Å². The molecule has 1 amide bonds. The topological polar surface area (TPSA) is 62.5 Å². The van der Waals surface area contributed by atoms with Crippen molar-refractivity contribution in [3.8, 4) is 0 Å². The largest absolute Gasteiger partial charge is 0.397 e. The van der Waals surface area contributed by atoms with Gasteiger partial charge in [0, 0.05) is 36.5 Å². The number of hydrogen-bond acceptors (Lipinski definition) is 4. The lowest BCUT2D eigenvalue weighted by molar-refractivity contribution is 0.0706. The zero-order valence-corrected chi connectivity index (χ0v) is 17.1. The van der Waals surface area contributed by atoms with Crippen molar-refractivity contribution >= 4 is 22.5 Å². The molecule has 1 aliphatic heterocycles. The van der Waals surface area contributed by atoms with Crippen LogP contribution in [0.15, 0.2) is 54.6 Å². The Morgan fingerprint density at radius 1 is 1.17 bits per heavy atom. The lowest BCUT2D eigenvalue weighted by atomic mass is 9.92. The van der Waals surface area contributed by atoms with Gasteiger partial charge in [0.15, 0.2) is 0 Å². The fourth-order valence-electron chi connectivity index (χ4n) is 4.16. The molecule has 2 N–H and O–H groups in total. The van der Waals surface area contributed by atoms with Gasteiger partial charge >= 0.3 is 0 Å². The molecule has 2 heterocycles. The maximum absolute atomic E-state index is 13.1. The average Bonchev–Trinajstić information content (AvgIpc) is 2.73. The molecule has 5 heteroatoms. The summed E-state index contributed by atoms with van der Waals surface area (Å²) in [5.74, 6) is 0.260. The van der Waals surface area contributed by atoms with Crippen LogP contribution in [-0.4, -0.2) is 47.9 Å². The molecule has 5 nitrogen and oxygen atoms in total. The van der Waals surface area contributed by atoms with Crippen molar-refractivity contribution in [2.24, 2.45) is 0 Å². The molecule has 1 atom stereocenters. The van der Waals surface area contributed by atoms with Crippen LogP contribution in [0.3, 0.4) is 0 Å². The molecule has 0 radical (unpaired) electrons. The summed E-state index contributed by atoms with van der Waals surface area (Å²) >= 11 is 0. The number of fused-ring (bicyclic) bond motifs is 1. The number of pyridine rings is 1. The van der Waals surface area contributed by atoms with Gasteiger partial charge in [0.1, 0.15) is 0 Å². The lowest BCUT2D eigenvalue weighted by Gasteiger charge is -2.33. The van der Waals surface area contributed by atoms with Crippen LogP contribution in [0.25, 0.3) is 10.9 Å². The molecule has 0 spiro atoms. The standard InChI is InChI=1S/C24H28N4O/c1-27(2)15-17-9-11-18(12-10-17)24(29)28-13-5-7-20(16-28)23-21(25)14-19-6-3-4-8-22(19)26-23/h3-4,6,8-12,14,20H,5,7,13,15-16,25H2,1-2H3. The minimum atomic E-state index is 0.0884. The summed E-state index contributed by atoms with van der Waals surface area (Å²) in [4.78, 5) is 22.0. The van der Waals surface area contributed by atoms with E-state index in [1.807, 2.05) is 73.6 Å². The van der Waals surface area contributed by atoms with E-state index < -0.39 is 0 Å². The van der Waals surface area contributed by atoms with Gasteiger partial charge in [0.25, 0.3) is 5.91 Å². The molecule has 4 rings (SSSR count). The normalized spacial score (nSPS) is 17.1. The second-order valence-corrected chi connectivity index (χ2v) is 8.18. The van der Waals surface area contributed by atoms with Gasteiger partial charge in [0.05, 0.1) is 16.9 Å². The first-order valence-corrected chi connectivity index (χ1v) is 10.2. The van der Waals surface area contributed by atoms with Crippen LogP contribution in [0.2, 0.25) is 0 Å². The third kappa shape index (κ3) is 4.25. The monoisotopic (exact) mass is 388 g/mol. The number of benzene rings is 2. The van der Waals surface area contributed by atoms with E-state index in [4.69, 9.17) is 10.7 Å². The summed E-state index contributed by atoms with van der Waals surface area (Å²) < 4.78 is 0. The van der Waals surface area contributed by atoms with E-state index in [-0.39, 0.29) is 11.8 Å². The summed E-state index contributed by atoms with van der Waals surface area (Å²) in [6.07, 6.45) is 1.96. The zero-order chi connectivity index (χ0) is 20.4. The molecule has 1 aromatic heterocycles. The van der Waals surface area contributed by atoms with E-state index in [0.29, 0.717) is 6.54 Å². The highest BCUT2D eigenvalue weighted by atomic mass is 16.2.